The van der Waals surface area contributed by atoms with Gasteiger partial charge in [0.15, 0.2) is 6.10 Å². The summed E-state index contributed by atoms with van der Waals surface area (Å²) in [4.78, 5) is 25.2. The summed E-state index contributed by atoms with van der Waals surface area (Å²) in [6, 6.07) is 15.2. The molecule has 1 unspecified atom stereocenters. The van der Waals surface area contributed by atoms with Crippen molar-refractivity contribution in [3.8, 4) is 5.75 Å². The summed E-state index contributed by atoms with van der Waals surface area (Å²) in [7, 11) is 0. The molecule has 0 fully saturated rings. The van der Waals surface area contributed by atoms with E-state index in [0.717, 1.165) is 0 Å². The molecule has 0 saturated heterocycles. The van der Waals surface area contributed by atoms with Gasteiger partial charge in [0.1, 0.15) is 5.75 Å². The molecule has 3 rings (SSSR count). The number of hydrogen-bond acceptors (Lipinski definition) is 4. The lowest BCUT2D eigenvalue weighted by atomic mass is 10.2. The minimum atomic E-state index is -0.762. The smallest absolute Gasteiger partial charge is 0.265 e. The van der Waals surface area contributed by atoms with E-state index in [9.17, 15) is 9.59 Å². The van der Waals surface area contributed by atoms with Crippen LogP contribution in [0.4, 0.5) is 11.4 Å². The summed E-state index contributed by atoms with van der Waals surface area (Å²) in [5.41, 5.74) is 1.12. The highest BCUT2D eigenvalue weighted by Crippen LogP contribution is 2.27. The number of hydrogen-bond donors (Lipinski definition) is 2. The molecule has 0 bridgehead atoms. The summed E-state index contributed by atoms with van der Waals surface area (Å²) in [6.07, 6.45) is -0.762. The number of ether oxygens (including phenoxy) is 1. The van der Waals surface area contributed by atoms with Crippen LogP contribution < -0.4 is 15.4 Å². The summed E-state index contributed by atoms with van der Waals surface area (Å²) in [6.45, 7) is 1.63. The van der Waals surface area contributed by atoms with Gasteiger partial charge in [-0.05, 0) is 48.7 Å². The van der Waals surface area contributed by atoms with Crippen LogP contribution in [0.1, 0.15) is 16.6 Å². The van der Waals surface area contributed by atoms with Crippen LogP contribution in [-0.4, -0.2) is 17.9 Å². The molecule has 8 heteroatoms. The van der Waals surface area contributed by atoms with E-state index in [-0.39, 0.29) is 11.8 Å². The largest absolute Gasteiger partial charge is 0.481 e. The van der Waals surface area contributed by atoms with E-state index in [2.05, 4.69) is 10.6 Å². The van der Waals surface area contributed by atoms with E-state index < -0.39 is 6.10 Å². The van der Waals surface area contributed by atoms with E-state index in [1.165, 1.54) is 11.3 Å². The highest BCUT2D eigenvalue weighted by Gasteiger charge is 2.16. The van der Waals surface area contributed by atoms with Gasteiger partial charge in [-0.2, -0.15) is 0 Å². The first kappa shape index (κ1) is 20.2. The molecule has 28 heavy (non-hydrogen) atoms. The van der Waals surface area contributed by atoms with Crippen molar-refractivity contribution in [3.05, 3.63) is 74.9 Å². The van der Waals surface area contributed by atoms with E-state index in [0.29, 0.717) is 32.0 Å². The lowest BCUT2D eigenvalue weighted by molar-refractivity contribution is -0.122. The van der Waals surface area contributed by atoms with Gasteiger partial charge in [0, 0.05) is 17.4 Å². The van der Waals surface area contributed by atoms with Crippen molar-refractivity contribution in [2.75, 3.05) is 10.6 Å². The molecular weight excluding hydrogens is 419 g/mol. The number of carbonyl (C=O) groups excluding carboxylic acids is 2. The number of thiophene rings is 1. The molecule has 1 atom stereocenters. The average Bonchev–Trinajstić information content (AvgIpc) is 3.20. The molecule has 1 heterocycles. The monoisotopic (exact) mass is 434 g/mol. The maximum Gasteiger partial charge on any atom is 0.265 e. The summed E-state index contributed by atoms with van der Waals surface area (Å²) >= 11 is 13.2. The Morgan fingerprint density at radius 1 is 0.964 bits per heavy atom. The Morgan fingerprint density at radius 3 is 2.39 bits per heavy atom. The first-order valence-corrected chi connectivity index (χ1v) is 9.93. The molecule has 0 radical (unpaired) electrons. The van der Waals surface area contributed by atoms with Crippen LogP contribution in [0.25, 0.3) is 0 Å². The SMILES string of the molecule is CC(Oc1ccc(Cl)c(Cl)c1)C(=O)Nc1cccc(NC(=O)c2cccs2)c1. The summed E-state index contributed by atoms with van der Waals surface area (Å²) < 4.78 is 5.60. The number of benzene rings is 2. The van der Waals surface area contributed by atoms with Crippen molar-refractivity contribution in [2.24, 2.45) is 0 Å². The number of nitrogens with one attached hydrogen (secondary N) is 2. The standard InChI is InChI=1S/C20H16Cl2N2O3S/c1-12(27-15-7-8-16(21)17(22)11-15)19(25)23-13-4-2-5-14(10-13)24-20(26)18-6-3-9-28-18/h2-12H,1H3,(H,23,25)(H,24,26). The highest BCUT2D eigenvalue weighted by atomic mass is 35.5. The van der Waals surface area contributed by atoms with Gasteiger partial charge in [-0.15, -0.1) is 11.3 Å². The normalized spacial score (nSPS) is 11.5. The van der Waals surface area contributed by atoms with Crippen LogP contribution in [0.2, 0.25) is 10.0 Å². The predicted molar refractivity (Wildman–Crippen MR) is 114 cm³/mol. The number of carbonyl (C=O) groups is 2. The molecule has 5 nitrogen and oxygen atoms in total. The number of amides is 2. The molecule has 0 aliphatic rings. The van der Waals surface area contributed by atoms with Crippen LogP contribution in [0.15, 0.2) is 60.0 Å². The van der Waals surface area contributed by atoms with Crippen LogP contribution in [0.5, 0.6) is 5.75 Å². The third kappa shape index (κ3) is 5.25. The van der Waals surface area contributed by atoms with Crippen molar-refractivity contribution < 1.29 is 14.3 Å². The lowest BCUT2D eigenvalue weighted by Crippen LogP contribution is -2.30. The average molecular weight is 435 g/mol. The molecule has 0 saturated carbocycles. The van der Waals surface area contributed by atoms with Gasteiger partial charge in [0.25, 0.3) is 11.8 Å². The molecule has 2 N–H and O–H groups in total. The molecule has 1 aromatic heterocycles. The Bertz CT molecular complexity index is 993. The molecule has 0 aliphatic carbocycles. The fourth-order valence-electron chi connectivity index (χ4n) is 2.33. The zero-order valence-electron chi connectivity index (χ0n) is 14.7. The molecule has 0 spiro atoms. The second-order valence-corrected chi connectivity index (χ2v) is 7.60. The zero-order valence-corrected chi connectivity index (χ0v) is 17.1. The van der Waals surface area contributed by atoms with Crippen molar-refractivity contribution in [2.45, 2.75) is 13.0 Å². The molecule has 2 amide bonds. The molecule has 2 aromatic carbocycles. The summed E-state index contributed by atoms with van der Waals surface area (Å²) in [5.74, 6) is -0.100. The van der Waals surface area contributed by atoms with Crippen LogP contribution in [0, 0.1) is 0 Å². The van der Waals surface area contributed by atoms with Crippen LogP contribution in [0.3, 0.4) is 0 Å². The fraction of sp³-hybridized carbons (Fsp3) is 0.100. The van der Waals surface area contributed by atoms with Gasteiger partial charge in [-0.25, -0.2) is 0 Å². The van der Waals surface area contributed by atoms with Gasteiger partial charge in [0.2, 0.25) is 0 Å². The fourth-order valence-corrected chi connectivity index (χ4v) is 3.23. The number of anilines is 2. The summed E-state index contributed by atoms with van der Waals surface area (Å²) in [5, 5.41) is 8.16. The van der Waals surface area contributed by atoms with Gasteiger partial charge >= 0.3 is 0 Å². The third-order valence-electron chi connectivity index (χ3n) is 3.71. The van der Waals surface area contributed by atoms with Crippen molar-refractivity contribution in [3.63, 3.8) is 0 Å². The van der Waals surface area contributed by atoms with Crippen LogP contribution >= 0.6 is 34.5 Å². The predicted octanol–water partition coefficient (Wildman–Crippen LogP) is 5.71. The molecule has 3 aromatic rings. The molecule has 144 valence electrons. The molecule has 0 aliphatic heterocycles. The second kappa shape index (κ2) is 9.10. The maximum absolute atomic E-state index is 12.4. The minimum absolute atomic E-state index is 0.199. The van der Waals surface area contributed by atoms with Crippen LogP contribution in [-0.2, 0) is 4.79 Å². The quantitative estimate of drug-likeness (QED) is 0.521. The first-order valence-electron chi connectivity index (χ1n) is 8.30. The Hall–Kier alpha value is -2.54. The number of rotatable bonds is 6. The first-order chi connectivity index (χ1) is 13.4. The van der Waals surface area contributed by atoms with E-state index in [4.69, 9.17) is 27.9 Å². The number of halogens is 2. The van der Waals surface area contributed by atoms with Crippen molar-refractivity contribution in [1.82, 2.24) is 0 Å². The Balaban J connectivity index is 1.61. The topological polar surface area (TPSA) is 67.4 Å². The zero-order chi connectivity index (χ0) is 20.1. The van der Waals surface area contributed by atoms with Crippen molar-refractivity contribution in [1.29, 1.82) is 0 Å². The second-order valence-electron chi connectivity index (χ2n) is 5.84. The Kier molecular flexibility index (Phi) is 6.57. The lowest BCUT2D eigenvalue weighted by Gasteiger charge is -2.15. The van der Waals surface area contributed by atoms with Gasteiger partial charge in [-0.1, -0.05) is 35.3 Å². The van der Waals surface area contributed by atoms with Gasteiger partial charge in [0.05, 0.1) is 14.9 Å². The van der Waals surface area contributed by atoms with E-state index in [1.54, 1.807) is 55.5 Å². The van der Waals surface area contributed by atoms with Gasteiger partial charge in [-0.3, -0.25) is 9.59 Å². The van der Waals surface area contributed by atoms with E-state index >= 15 is 0 Å². The van der Waals surface area contributed by atoms with Gasteiger partial charge < -0.3 is 15.4 Å². The third-order valence-corrected chi connectivity index (χ3v) is 5.31. The highest BCUT2D eigenvalue weighted by molar-refractivity contribution is 7.12. The maximum atomic E-state index is 12.4. The van der Waals surface area contributed by atoms with Crippen molar-refractivity contribution >= 4 is 57.7 Å². The van der Waals surface area contributed by atoms with E-state index in [1.807, 2.05) is 11.4 Å². The Morgan fingerprint density at radius 2 is 1.71 bits per heavy atom. The minimum Gasteiger partial charge on any atom is -0.481 e. The Labute approximate surface area is 176 Å². The molecular formula is C20H16Cl2N2O3S.